The van der Waals surface area contributed by atoms with E-state index >= 15 is 0 Å². The molecule has 0 unspecified atom stereocenters. The van der Waals surface area contributed by atoms with Gasteiger partial charge >= 0.3 is 5.97 Å². The van der Waals surface area contributed by atoms with Crippen LogP contribution in [0.25, 0.3) is 11.8 Å². The number of esters is 1. The highest BCUT2D eigenvalue weighted by Crippen LogP contribution is 2.36. The molecule has 1 aliphatic rings. The Bertz CT molecular complexity index is 1720. The van der Waals surface area contributed by atoms with Crippen LogP contribution < -0.4 is 14.9 Å². The highest BCUT2D eigenvalue weighted by molar-refractivity contribution is 7.10. The van der Waals surface area contributed by atoms with Crippen LogP contribution in [-0.2, 0) is 9.53 Å². The molecular weight excluding hydrogens is 514 g/mol. The topological polar surface area (TPSA) is 124 Å². The number of aromatic nitrogens is 1. The number of nitro groups is 1. The van der Waals surface area contributed by atoms with Gasteiger partial charge in [-0.2, -0.15) is 0 Å². The number of hydrogen-bond donors (Lipinski definition) is 1. The van der Waals surface area contributed by atoms with E-state index in [4.69, 9.17) is 9.73 Å². The molecule has 0 saturated heterocycles. The van der Waals surface area contributed by atoms with E-state index in [0.717, 1.165) is 16.2 Å². The summed E-state index contributed by atoms with van der Waals surface area (Å²) in [6.45, 7) is 1.86. The van der Waals surface area contributed by atoms with Gasteiger partial charge in [0.15, 0.2) is 4.80 Å². The Kier molecular flexibility index (Phi) is 6.55. The summed E-state index contributed by atoms with van der Waals surface area (Å²) in [6, 6.07) is 15.7. The molecule has 4 aromatic rings. The van der Waals surface area contributed by atoms with Gasteiger partial charge in [-0.25, -0.2) is 9.79 Å². The second-order valence-corrected chi connectivity index (χ2v) is 9.94. The number of thiophene rings is 1. The molecule has 11 heteroatoms. The molecule has 0 radical (unpaired) electrons. The number of nitrogens with zero attached hydrogens (tertiary/aromatic N) is 3. The molecule has 3 heterocycles. The van der Waals surface area contributed by atoms with Crippen molar-refractivity contribution in [2.75, 3.05) is 6.61 Å². The van der Waals surface area contributed by atoms with Crippen molar-refractivity contribution >= 4 is 46.1 Å². The molecule has 0 amide bonds. The fourth-order valence-electron chi connectivity index (χ4n) is 4.07. The fourth-order valence-corrected chi connectivity index (χ4v) is 5.88. The van der Waals surface area contributed by atoms with Gasteiger partial charge in [-0.1, -0.05) is 47.7 Å². The summed E-state index contributed by atoms with van der Waals surface area (Å²) >= 11 is 2.47. The number of phenolic OH excluding ortho intramolecular Hbond substituents is 1. The van der Waals surface area contributed by atoms with Crippen molar-refractivity contribution in [3.05, 3.63) is 117 Å². The Labute approximate surface area is 217 Å². The van der Waals surface area contributed by atoms with Gasteiger partial charge in [0.05, 0.1) is 27.3 Å². The van der Waals surface area contributed by atoms with Crippen LogP contribution in [0.5, 0.6) is 5.75 Å². The second kappa shape index (κ2) is 9.96. The predicted molar refractivity (Wildman–Crippen MR) is 140 cm³/mol. The van der Waals surface area contributed by atoms with Crippen LogP contribution >= 0.6 is 22.7 Å². The Morgan fingerprint density at radius 1 is 1.22 bits per heavy atom. The van der Waals surface area contributed by atoms with Gasteiger partial charge < -0.3 is 9.84 Å². The van der Waals surface area contributed by atoms with Gasteiger partial charge in [0.25, 0.3) is 11.2 Å². The molecular formula is C26H19N3O6S2. The van der Waals surface area contributed by atoms with Crippen molar-refractivity contribution in [3.8, 4) is 5.75 Å². The number of non-ortho nitro benzene ring substituents is 1. The number of phenols is 1. The number of nitro benzene ring substituents is 1. The van der Waals surface area contributed by atoms with Crippen LogP contribution in [-0.4, -0.2) is 27.2 Å². The van der Waals surface area contributed by atoms with E-state index < -0.39 is 22.5 Å². The number of benzene rings is 2. The molecule has 1 aliphatic heterocycles. The fraction of sp³-hybridized carbons (Fsp3) is 0.115. The van der Waals surface area contributed by atoms with Gasteiger partial charge in [0.2, 0.25) is 0 Å². The van der Waals surface area contributed by atoms with E-state index in [1.54, 1.807) is 6.92 Å². The normalized spacial score (nSPS) is 15.3. The molecule has 1 atom stereocenters. The molecule has 0 saturated carbocycles. The van der Waals surface area contributed by atoms with E-state index in [-0.39, 0.29) is 33.7 Å². The van der Waals surface area contributed by atoms with E-state index in [9.17, 15) is 24.8 Å². The van der Waals surface area contributed by atoms with Crippen LogP contribution in [0.2, 0.25) is 0 Å². The second-order valence-electron chi connectivity index (χ2n) is 7.95. The average molecular weight is 534 g/mol. The van der Waals surface area contributed by atoms with Crippen LogP contribution in [0.15, 0.2) is 81.4 Å². The monoisotopic (exact) mass is 533 g/mol. The van der Waals surface area contributed by atoms with Crippen molar-refractivity contribution < 1.29 is 19.6 Å². The third-order valence-corrected chi connectivity index (χ3v) is 7.60. The lowest BCUT2D eigenvalue weighted by Gasteiger charge is -2.24. The number of rotatable bonds is 6. The molecule has 0 aliphatic carbocycles. The summed E-state index contributed by atoms with van der Waals surface area (Å²) in [5.74, 6) is -0.780. The summed E-state index contributed by atoms with van der Waals surface area (Å²) in [7, 11) is 0. The number of carbonyl (C=O) groups is 1. The zero-order valence-electron chi connectivity index (χ0n) is 19.4. The van der Waals surface area contributed by atoms with Gasteiger partial charge in [-0.3, -0.25) is 19.5 Å². The SMILES string of the molecule is CCOC(=O)C1=C(c2ccccc2)N=c2s/c(=C/c3cc([N+](=O)[O-])ccc3O)c(=O)n2[C@H]1c1cccs1. The smallest absolute Gasteiger partial charge is 0.338 e. The summed E-state index contributed by atoms with van der Waals surface area (Å²) in [6.07, 6.45) is 1.40. The molecule has 0 fully saturated rings. The number of ether oxygens (including phenoxy) is 1. The summed E-state index contributed by atoms with van der Waals surface area (Å²) in [4.78, 5) is 43.5. The van der Waals surface area contributed by atoms with Crippen molar-refractivity contribution in [3.63, 3.8) is 0 Å². The van der Waals surface area contributed by atoms with Gasteiger partial charge in [-0.05, 0) is 30.5 Å². The van der Waals surface area contributed by atoms with Gasteiger partial charge in [-0.15, -0.1) is 11.3 Å². The van der Waals surface area contributed by atoms with Gasteiger partial charge in [0, 0.05) is 28.1 Å². The Hall–Kier alpha value is -4.35. The van der Waals surface area contributed by atoms with E-state index in [0.29, 0.717) is 16.1 Å². The third kappa shape index (κ3) is 4.50. The Balaban J connectivity index is 1.81. The molecule has 0 bridgehead atoms. The van der Waals surface area contributed by atoms with E-state index in [2.05, 4.69) is 0 Å². The Morgan fingerprint density at radius 2 is 2.00 bits per heavy atom. The quantitative estimate of drug-likeness (QED) is 0.229. The van der Waals surface area contributed by atoms with Crippen molar-refractivity contribution in [1.82, 2.24) is 4.57 Å². The largest absolute Gasteiger partial charge is 0.507 e. The first-order chi connectivity index (χ1) is 17.9. The first-order valence-corrected chi connectivity index (χ1v) is 12.9. The lowest BCUT2D eigenvalue weighted by atomic mass is 9.97. The maximum atomic E-state index is 13.7. The zero-order valence-corrected chi connectivity index (χ0v) is 21.0. The minimum atomic E-state index is -0.786. The van der Waals surface area contributed by atoms with Crippen LogP contribution in [0.3, 0.4) is 0 Å². The highest BCUT2D eigenvalue weighted by atomic mass is 32.1. The van der Waals surface area contributed by atoms with E-state index in [1.165, 1.54) is 40.2 Å². The van der Waals surface area contributed by atoms with Crippen molar-refractivity contribution in [1.29, 1.82) is 0 Å². The Morgan fingerprint density at radius 3 is 2.68 bits per heavy atom. The predicted octanol–water partition coefficient (Wildman–Crippen LogP) is 3.61. The maximum absolute atomic E-state index is 13.7. The first-order valence-electron chi connectivity index (χ1n) is 11.2. The van der Waals surface area contributed by atoms with Gasteiger partial charge in [0.1, 0.15) is 11.8 Å². The molecule has 186 valence electrons. The summed E-state index contributed by atoms with van der Waals surface area (Å²) < 4.78 is 7.04. The number of aromatic hydroxyl groups is 1. The number of fused-ring (bicyclic) bond motifs is 1. The third-order valence-electron chi connectivity index (χ3n) is 5.69. The van der Waals surface area contributed by atoms with Crippen LogP contribution in [0.1, 0.15) is 29.0 Å². The maximum Gasteiger partial charge on any atom is 0.338 e. The van der Waals surface area contributed by atoms with Crippen molar-refractivity contribution in [2.24, 2.45) is 4.99 Å². The zero-order chi connectivity index (χ0) is 26.1. The lowest BCUT2D eigenvalue weighted by Crippen LogP contribution is -2.39. The van der Waals surface area contributed by atoms with Crippen LogP contribution in [0, 0.1) is 10.1 Å². The first kappa shape index (κ1) is 24.3. The van der Waals surface area contributed by atoms with E-state index in [1.807, 2.05) is 47.8 Å². The molecule has 9 nitrogen and oxygen atoms in total. The minimum Gasteiger partial charge on any atom is -0.507 e. The highest BCUT2D eigenvalue weighted by Gasteiger charge is 2.35. The molecule has 5 rings (SSSR count). The number of hydrogen-bond acceptors (Lipinski definition) is 9. The average Bonchev–Trinajstić information content (AvgIpc) is 3.53. The van der Waals surface area contributed by atoms with Crippen molar-refractivity contribution in [2.45, 2.75) is 13.0 Å². The standard InChI is InChI=1S/C26H19N3O6S2/c1-2-35-25(32)21-22(15-7-4-3-5-8-15)27-26-28(23(21)19-9-6-12-36-19)24(31)20(37-26)14-16-13-17(29(33)34)10-11-18(16)30/h3-14,23,30H,2H2,1H3/b20-14+/t23-/m0/s1. The summed E-state index contributed by atoms with van der Waals surface area (Å²) in [5, 5.41) is 23.4. The summed E-state index contributed by atoms with van der Waals surface area (Å²) in [5.41, 5.74) is 0.809. The molecule has 2 aromatic carbocycles. The number of thiazole rings is 1. The van der Waals surface area contributed by atoms with Crippen LogP contribution in [0.4, 0.5) is 5.69 Å². The lowest BCUT2D eigenvalue weighted by molar-refractivity contribution is -0.384. The minimum absolute atomic E-state index is 0.125. The molecule has 37 heavy (non-hydrogen) atoms. The molecule has 0 spiro atoms. The molecule has 2 aromatic heterocycles. The molecule has 1 N–H and O–H groups in total. The number of carbonyl (C=O) groups excluding carboxylic acids is 1.